The molecular formula is C19H24FNO4. The summed E-state index contributed by atoms with van der Waals surface area (Å²) >= 11 is 0. The van der Waals surface area contributed by atoms with Gasteiger partial charge in [0.05, 0.1) is 0 Å². The van der Waals surface area contributed by atoms with Gasteiger partial charge in [0.15, 0.2) is 0 Å². The molecule has 1 atom stereocenters. The van der Waals surface area contributed by atoms with Crippen LogP contribution >= 0.6 is 0 Å². The third-order valence-electron chi connectivity index (χ3n) is 5.43. The van der Waals surface area contributed by atoms with Gasteiger partial charge in [0.25, 0.3) is 0 Å². The maximum Gasteiger partial charge on any atom is 0.408 e. The number of benzene rings is 1. The summed E-state index contributed by atoms with van der Waals surface area (Å²) in [5.74, 6) is -1.30. The Labute approximate surface area is 146 Å². The van der Waals surface area contributed by atoms with Gasteiger partial charge < -0.3 is 15.2 Å². The molecule has 1 unspecified atom stereocenters. The van der Waals surface area contributed by atoms with Crippen molar-refractivity contribution in [1.82, 2.24) is 5.32 Å². The average Bonchev–Trinajstić information content (AvgIpc) is 2.37. The van der Waals surface area contributed by atoms with Gasteiger partial charge >= 0.3 is 12.1 Å². The van der Waals surface area contributed by atoms with Crippen molar-refractivity contribution in [2.75, 3.05) is 0 Å². The summed E-state index contributed by atoms with van der Waals surface area (Å²) in [6.45, 7) is 6.94. The second kappa shape index (κ2) is 5.44. The van der Waals surface area contributed by atoms with Gasteiger partial charge in [0, 0.05) is 5.41 Å². The standard InChI is InChI=1S/C19H24FNO4/c1-11-12(6-5-7-13(11)20)18-8-19(9-18,10-18)14(15(22)23)21-16(24)25-17(2,3)4/h5-7,14H,8-10H2,1-4H3,(H,21,24)(H,22,23). The SMILES string of the molecule is Cc1c(F)cccc1C12CC(C(NC(=O)OC(C)(C)C)C(=O)O)(C1)C2. The van der Waals surface area contributed by atoms with Crippen LogP contribution in [0.2, 0.25) is 0 Å². The number of hydrogen-bond acceptors (Lipinski definition) is 3. The number of nitrogens with one attached hydrogen (secondary N) is 1. The number of aliphatic carboxylic acids is 1. The molecule has 3 aliphatic carbocycles. The minimum atomic E-state index is -1.06. The number of carbonyl (C=O) groups excluding carboxylic acids is 1. The molecule has 6 heteroatoms. The summed E-state index contributed by atoms with van der Waals surface area (Å²) in [6, 6.07) is 4.05. The van der Waals surface area contributed by atoms with Crippen LogP contribution in [0.15, 0.2) is 18.2 Å². The molecule has 2 bridgehead atoms. The Balaban J connectivity index is 1.72. The van der Waals surface area contributed by atoms with Crippen LogP contribution in [0.25, 0.3) is 0 Å². The normalized spacial score (nSPS) is 28.4. The van der Waals surface area contributed by atoms with Crippen LogP contribution in [0.4, 0.5) is 9.18 Å². The zero-order valence-electron chi connectivity index (χ0n) is 15.0. The van der Waals surface area contributed by atoms with Crippen LogP contribution in [-0.2, 0) is 14.9 Å². The van der Waals surface area contributed by atoms with Crippen molar-refractivity contribution in [3.05, 3.63) is 35.1 Å². The number of alkyl carbamates (subject to hydrolysis) is 1. The lowest BCUT2D eigenvalue weighted by Crippen LogP contribution is -2.73. The number of ether oxygens (including phenoxy) is 1. The Morgan fingerprint density at radius 1 is 1.28 bits per heavy atom. The van der Waals surface area contributed by atoms with Crippen molar-refractivity contribution >= 4 is 12.1 Å². The number of carbonyl (C=O) groups is 2. The molecule has 1 amide bonds. The Morgan fingerprint density at radius 3 is 2.40 bits per heavy atom. The van der Waals surface area contributed by atoms with Crippen LogP contribution < -0.4 is 5.32 Å². The van der Waals surface area contributed by atoms with E-state index >= 15 is 0 Å². The first-order valence-electron chi connectivity index (χ1n) is 8.46. The van der Waals surface area contributed by atoms with E-state index in [-0.39, 0.29) is 11.2 Å². The van der Waals surface area contributed by atoms with E-state index in [2.05, 4.69) is 5.32 Å². The summed E-state index contributed by atoms with van der Waals surface area (Å²) in [6.07, 6.45) is 1.19. The molecule has 3 saturated carbocycles. The van der Waals surface area contributed by atoms with Crippen molar-refractivity contribution in [3.63, 3.8) is 0 Å². The second-order valence-corrected chi connectivity index (χ2v) is 8.50. The van der Waals surface area contributed by atoms with E-state index in [0.29, 0.717) is 24.8 Å². The average molecular weight is 349 g/mol. The van der Waals surface area contributed by atoms with Crippen LogP contribution in [0.3, 0.4) is 0 Å². The van der Waals surface area contributed by atoms with Crippen LogP contribution in [-0.4, -0.2) is 28.8 Å². The predicted octanol–water partition coefficient (Wildman–Crippen LogP) is 3.53. The maximum absolute atomic E-state index is 13.8. The number of carboxylic acid groups (broad SMARTS) is 1. The van der Waals surface area contributed by atoms with Gasteiger partial charge in [-0.2, -0.15) is 0 Å². The molecule has 0 aliphatic heterocycles. The summed E-state index contributed by atoms with van der Waals surface area (Å²) < 4.78 is 19.0. The first kappa shape index (κ1) is 17.7. The van der Waals surface area contributed by atoms with Crippen LogP contribution in [0.5, 0.6) is 0 Å². The fourth-order valence-electron chi connectivity index (χ4n) is 4.54. The molecule has 25 heavy (non-hydrogen) atoms. The zero-order chi connectivity index (χ0) is 18.6. The number of hydrogen-bond donors (Lipinski definition) is 2. The summed E-state index contributed by atoms with van der Waals surface area (Å²) in [5, 5.41) is 12.1. The molecule has 4 rings (SSSR count). The minimum Gasteiger partial charge on any atom is -0.480 e. The fraction of sp³-hybridized carbons (Fsp3) is 0.579. The van der Waals surface area contributed by atoms with Crippen LogP contribution in [0, 0.1) is 18.2 Å². The minimum absolute atomic E-state index is 0.157. The highest BCUT2D eigenvalue weighted by atomic mass is 19.1. The van der Waals surface area contributed by atoms with Gasteiger partial charge in [-0.3, -0.25) is 0 Å². The molecule has 3 aliphatic rings. The fourth-order valence-corrected chi connectivity index (χ4v) is 4.54. The van der Waals surface area contributed by atoms with Gasteiger partial charge in [-0.25, -0.2) is 14.0 Å². The highest BCUT2D eigenvalue weighted by Crippen LogP contribution is 2.75. The molecule has 1 aromatic rings. The quantitative estimate of drug-likeness (QED) is 0.872. The molecule has 2 N–H and O–H groups in total. The topological polar surface area (TPSA) is 75.6 Å². The monoisotopic (exact) mass is 349 g/mol. The van der Waals surface area contributed by atoms with E-state index in [4.69, 9.17) is 4.74 Å². The van der Waals surface area contributed by atoms with Crippen molar-refractivity contribution < 1.29 is 23.8 Å². The van der Waals surface area contributed by atoms with E-state index in [1.165, 1.54) is 6.07 Å². The molecule has 3 fully saturated rings. The molecule has 5 nitrogen and oxygen atoms in total. The third kappa shape index (κ3) is 2.87. The molecule has 0 heterocycles. The molecule has 0 saturated heterocycles. The van der Waals surface area contributed by atoms with Gasteiger partial charge in [-0.1, -0.05) is 12.1 Å². The smallest absolute Gasteiger partial charge is 0.408 e. The summed E-state index contributed by atoms with van der Waals surface area (Å²) in [4.78, 5) is 23.7. The Kier molecular flexibility index (Phi) is 3.86. The lowest BCUT2D eigenvalue weighted by atomic mass is 9.31. The zero-order valence-corrected chi connectivity index (χ0v) is 15.0. The van der Waals surface area contributed by atoms with Gasteiger partial charge in [0.1, 0.15) is 17.5 Å². The highest BCUT2D eigenvalue weighted by molar-refractivity contribution is 5.82. The second-order valence-electron chi connectivity index (χ2n) is 8.50. The highest BCUT2D eigenvalue weighted by Gasteiger charge is 2.73. The number of amides is 1. The van der Waals surface area contributed by atoms with E-state index in [1.54, 1.807) is 33.8 Å². The van der Waals surface area contributed by atoms with E-state index in [0.717, 1.165) is 5.56 Å². The van der Waals surface area contributed by atoms with Gasteiger partial charge in [-0.05, 0) is 69.6 Å². The summed E-state index contributed by atoms with van der Waals surface area (Å²) in [7, 11) is 0. The largest absolute Gasteiger partial charge is 0.480 e. The number of halogens is 1. The van der Waals surface area contributed by atoms with Crippen molar-refractivity contribution in [2.24, 2.45) is 5.41 Å². The molecule has 0 spiro atoms. The Hall–Kier alpha value is -2.11. The van der Waals surface area contributed by atoms with Crippen LogP contribution in [0.1, 0.15) is 51.2 Å². The van der Waals surface area contributed by atoms with Gasteiger partial charge in [0.2, 0.25) is 0 Å². The van der Waals surface area contributed by atoms with E-state index < -0.39 is 29.1 Å². The molecule has 1 aromatic carbocycles. The predicted molar refractivity (Wildman–Crippen MR) is 89.9 cm³/mol. The van der Waals surface area contributed by atoms with Crippen molar-refractivity contribution in [2.45, 2.75) is 64.0 Å². The molecular weight excluding hydrogens is 325 g/mol. The number of carboxylic acids is 1. The van der Waals surface area contributed by atoms with E-state index in [9.17, 15) is 19.1 Å². The molecule has 0 radical (unpaired) electrons. The lowest BCUT2D eigenvalue weighted by Gasteiger charge is -2.72. The van der Waals surface area contributed by atoms with Crippen molar-refractivity contribution in [1.29, 1.82) is 0 Å². The Morgan fingerprint density at radius 2 is 1.88 bits per heavy atom. The molecule has 136 valence electrons. The third-order valence-corrected chi connectivity index (χ3v) is 5.43. The Bertz CT molecular complexity index is 718. The van der Waals surface area contributed by atoms with E-state index in [1.807, 2.05) is 6.07 Å². The lowest BCUT2D eigenvalue weighted by molar-refractivity contribution is -0.183. The summed E-state index contributed by atoms with van der Waals surface area (Å²) in [5.41, 5.74) is 0.266. The van der Waals surface area contributed by atoms with Crippen molar-refractivity contribution in [3.8, 4) is 0 Å². The number of rotatable bonds is 4. The first-order chi connectivity index (χ1) is 11.5. The first-order valence-corrected chi connectivity index (χ1v) is 8.46. The maximum atomic E-state index is 13.8. The molecule has 0 aromatic heterocycles. The van der Waals surface area contributed by atoms with Gasteiger partial charge in [-0.15, -0.1) is 0 Å².